The van der Waals surface area contributed by atoms with Crippen LogP contribution in [0.5, 0.6) is 5.75 Å². The highest BCUT2D eigenvalue weighted by molar-refractivity contribution is 5.75. The van der Waals surface area contributed by atoms with Crippen molar-refractivity contribution in [1.82, 2.24) is 9.80 Å². The topological polar surface area (TPSA) is 75.9 Å². The fourth-order valence-corrected chi connectivity index (χ4v) is 4.88. The van der Waals surface area contributed by atoms with Crippen molar-refractivity contribution < 1.29 is 14.3 Å². The van der Waals surface area contributed by atoms with Crippen LogP contribution < -0.4 is 10.5 Å². The number of amides is 2. The smallest absolute Gasteiger partial charge is 0.255 e. The highest BCUT2D eigenvalue weighted by Gasteiger charge is 2.36. The maximum absolute atomic E-state index is 12.1. The number of carbonyl (C=O) groups excluding carboxylic acids is 2. The van der Waals surface area contributed by atoms with E-state index in [0.29, 0.717) is 12.0 Å². The van der Waals surface area contributed by atoms with Gasteiger partial charge in [0.2, 0.25) is 5.91 Å². The molecule has 0 saturated carbocycles. The quantitative estimate of drug-likeness (QED) is 0.802. The lowest BCUT2D eigenvalue weighted by Gasteiger charge is -2.42. The number of fused-ring (bicyclic) bond motifs is 1. The van der Waals surface area contributed by atoms with Crippen LogP contribution in [-0.2, 0) is 21.5 Å². The zero-order valence-electron chi connectivity index (χ0n) is 18.9. The normalized spacial score (nSPS) is 22.9. The van der Waals surface area contributed by atoms with Gasteiger partial charge in [-0.1, -0.05) is 39.3 Å². The van der Waals surface area contributed by atoms with E-state index in [1.54, 1.807) is 6.92 Å². The number of hydrogen-bond acceptors (Lipinski definition) is 4. The molecule has 2 N–H and O–H groups in total. The van der Waals surface area contributed by atoms with Gasteiger partial charge in [-0.05, 0) is 42.2 Å². The molecular formula is C24H37N3O3. The Hall–Kier alpha value is -2.08. The summed E-state index contributed by atoms with van der Waals surface area (Å²) >= 11 is 0. The number of likely N-dealkylation sites (tertiary alicyclic amines) is 2. The largest absolute Gasteiger partial charge is 0.483 e. The predicted octanol–water partition coefficient (Wildman–Crippen LogP) is 3.07. The van der Waals surface area contributed by atoms with E-state index in [-0.39, 0.29) is 17.9 Å². The van der Waals surface area contributed by atoms with Crippen LogP contribution >= 0.6 is 0 Å². The standard InChI is InChI=1S/C24H37N3O3/c1-17(28)27-11-6-5-7-18-14-26(12-10-21(18)27)15-19-13-20(24(2,3)4)8-9-22(19)30-16-23(25)29/h8-9,13,18,21H,5-7,10-12,14-16H2,1-4H3,(H2,25,29)/t18-,21-/m1/s1. The maximum Gasteiger partial charge on any atom is 0.255 e. The Morgan fingerprint density at radius 1 is 1.17 bits per heavy atom. The lowest BCUT2D eigenvalue weighted by molar-refractivity contribution is -0.133. The Bertz CT molecular complexity index is 771. The molecule has 2 heterocycles. The predicted molar refractivity (Wildman–Crippen MR) is 118 cm³/mol. The minimum atomic E-state index is -0.468. The van der Waals surface area contributed by atoms with Crippen LogP contribution in [0.2, 0.25) is 0 Å². The molecule has 0 radical (unpaired) electrons. The van der Waals surface area contributed by atoms with Crippen LogP contribution in [0.15, 0.2) is 18.2 Å². The van der Waals surface area contributed by atoms with Gasteiger partial charge in [0.05, 0.1) is 0 Å². The molecule has 0 bridgehead atoms. The van der Waals surface area contributed by atoms with Gasteiger partial charge in [0, 0.05) is 44.7 Å². The summed E-state index contributed by atoms with van der Waals surface area (Å²) in [6, 6.07) is 6.61. The van der Waals surface area contributed by atoms with Crippen LogP contribution in [0, 0.1) is 5.92 Å². The third-order valence-corrected chi connectivity index (χ3v) is 6.50. The first kappa shape index (κ1) is 22.6. The number of hydrogen-bond donors (Lipinski definition) is 1. The van der Waals surface area contributed by atoms with Gasteiger partial charge in [-0.15, -0.1) is 0 Å². The van der Waals surface area contributed by atoms with Crippen LogP contribution in [0.4, 0.5) is 0 Å². The maximum atomic E-state index is 12.1. The van der Waals surface area contributed by atoms with Crippen LogP contribution in [0.25, 0.3) is 0 Å². The molecule has 0 aliphatic carbocycles. The number of ether oxygens (including phenoxy) is 1. The fourth-order valence-electron chi connectivity index (χ4n) is 4.88. The zero-order valence-corrected chi connectivity index (χ0v) is 18.9. The number of primary amides is 1. The summed E-state index contributed by atoms with van der Waals surface area (Å²) in [6.45, 7) is 11.8. The molecule has 2 atom stereocenters. The molecule has 6 heteroatoms. The zero-order chi connectivity index (χ0) is 21.9. The molecule has 3 rings (SSSR count). The summed E-state index contributed by atoms with van der Waals surface area (Å²) in [5.74, 6) is 0.992. The Morgan fingerprint density at radius 2 is 1.93 bits per heavy atom. The molecule has 2 aliphatic rings. The van der Waals surface area contributed by atoms with E-state index >= 15 is 0 Å². The molecule has 6 nitrogen and oxygen atoms in total. The van der Waals surface area contributed by atoms with Crippen LogP contribution in [-0.4, -0.2) is 53.9 Å². The summed E-state index contributed by atoms with van der Waals surface area (Å²) in [5, 5.41) is 0. The number of nitrogens with two attached hydrogens (primary N) is 1. The van der Waals surface area contributed by atoms with Gasteiger partial charge < -0.3 is 15.4 Å². The van der Waals surface area contributed by atoms with Crippen molar-refractivity contribution in [2.45, 2.75) is 71.4 Å². The van der Waals surface area contributed by atoms with Gasteiger partial charge in [-0.3, -0.25) is 14.5 Å². The summed E-state index contributed by atoms with van der Waals surface area (Å²) in [7, 11) is 0. The molecule has 0 spiro atoms. The van der Waals surface area contributed by atoms with E-state index < -0.39 is 5.91 Å². The van der Waals surface area contributed by atoms with Gasteiger partial charge >= 0.3 is 0 Å². The van der Waals surface area contributed by atoms with Crippen LogP contribution in [0.1, 0.15) is 64.5 Å². The average Bonchev–Trinajstić information content (AvgIpc) is 2.88. The van der Waals surface area contributed by atoms with Crippen molar-refractivity contribution in [1.29, 1.82) is 0 Å². The molecule has 0 unspecified atom stereocenters. The van der Waals surface area contributed by atoms with Crippen molar-refractivity contribution >= 4 is 11.8 Å². The van der Waals surface area contributed by atoms with Crippen LogP contribution in [0.3, 0.4) is 0 Å². The summed E-state index contributed by atoms with van der Waals surface area (Å²) < 4.78 is 5.73. The Kier molecular flexibility index (Phi) is 7.06. The Labute approximate surface area is 180 Å². The second-order valence-electron chi connectivity index (χ2n) is 9.89. The number of nitrogens with zero attached hydrogens (tertiary/aromatic N) is 2. The molecule has 2 saturated heterocycles. The molecule has 2 fully saturated rings. The first-order valence-corrected chi connectivity index (χ1v) is 11.2. The highest BCUT2D eigenvalue weighted by atomic mass is 16.5. The van der Waals surface area contributed by atoms with Gasteiger partial charge in [-0.2, -0.15) is 0 Å². The molecule has 1 aromatic carbocycles. The number of piperidine rings is 1. The Morgan fingerprint density at radius 3 is 2.60 bits per heavy atom. The highest BCUT2D eigenvalue weighted by Crippen LogP contribution is 2.33. The minimum absolute atomic E-state index is 0.0350. The fraction of sp³-hybridized carbons (Fsp3) is 0.667. The third-order valence-electron chi connectivity index (χ3n) is 6.50. The SMILES string of the molecule is CC(=O)N1CCCC[C@@H]2CN(Cc3cc(C(C)(C)C)ccc3OCC(N)=O)CC[C@H]21. The number of carbonyl (C=O) groups is 2. The third kappa shape index (κ3) is 5.54. The number of benzene rings is 1. The molecule has 1 aromatic rings. The molecule has 0 aromatic heterocycles. The molecular weight excluding hydrogens is 378 g/mol. The van der Waals surface area contributed by atoms with E-state index in [2.05, 4.69) is 42.7 Å². The molecule has 166 valence electrons. The van der Waals surface area contributed by atoms with Gasteiger partial charge in [0.25, 0.3) is 5.91 Å². The first-order chi connectivity index (χ1) is 14.1. The molecule has 2 amide bonds. The summed E-state index contributed by atoms with van der Waals surface area (Å²) in [5.41, 5.74) is 7.67. The second-order valence-corrected chi connectivity index (χ2v) is 9.89. The lowest BCUT2D eigenvalue weighted by atomic mass is 9.85. The molecule has 2 aliphatic heterocycles. The lowest BCUT2D eigenvalue weighted by Crippen LogP contribution is -2.51. The van der Waals surface area contributed by atoms with Crippen molar-refractivity contribution in [3.8, 4) is 5.75 Å². The van der Waals surface area contributed by atoms with Gasteiger partial charge in [0.1, 0.15) is 5.75 Å². The Balaban J connectivity index is 1.77. The van der Waals surface area contributed by atoms with Gasteiger partial charge in [-0.25, -0.2) is 0 Å². The monoisotopic (exact) mass is 415 g/mol. The summed E-state index contributed by atoms with van der Waals surface area (Å²) in [4.78, 5) is 28.0. The van der Waals surface area contributed by atoms with E-state index in [0.717, 1.165) is 50.3 Å². The van der Waals surface area contributed by atoms with E-state index in [1.165, 1.54) is 18.4 Å². The minimum Gasteiger partial charge on any atom is -0.483 e. The molecule has 30 heavy (non-hydrogen) atoms. The average molecular weight is 416 g/mol. The van der Waals surface area contributed by atoms with E-state index in [9.17, 15) is 9.59 Å². The van der Waals surface area contributed by atoms with E-state index in [1.807, 2.05) is 6.07 Å². The second kappa shape index (κ2) is 9.38. The van der Waals surface area contributed by atoms with E-state index in [4.69, 9.17) is 10.5 Å². The summed E-state index contributed by atoms with van der Waals surface area (Å²) in [6.07, 6.45) is 4.48. The van der Waals surface area contributed by atoms with Crippen molar-refractivity contribution in [2.75, 3.05) is 26.2 Å². The van der Waals surface area contributed by atoms with Crippen molar-refractivity contribution in [3.05, 3.63) is 29.3 Å². The first-order valence-electron chi connectivity index (χ1n) is 11.2. The van der Waals surface area contributed by atoms with Crippen molar-refractivity contribution in [3.63, 3.8) is 0 Å². The van der Waals surface area contributed by atoms with Crippen molar-refractivity contribution in [2.24, 2.45) is 11.7 Å². The van der Waals surface area contributed by atoms with Gasteiger partial charge in [0.15, 0.2) is 6.61 Å². The number of rotatable bonds is 5.